The van der Waals surface area contributed by atoms with Gasteiger partial charge in [0.2, 0.25) is 0 Å². The quantitative estimate of drug-likeness (QED) is 0.667. The van der Waals surface area contributed by atoms with Crippen LogP contribution in [0.2, 0.25) is 0 Å². The molecule has 1 rings (SSSR count). The Morgan fingerprint density at radius 1 is 1.25 bits per heavy atom. The average molecular weight is 222 g/mol. The van der Waals surface area contributed by atoms with Crippen molar-refractivity contribution in [2.75, 3.05) is 0 Å². The van der Waals surface area contributed by atoms with Gasteiger partial charge in [-0.1, -0.05) is 24.3 Å². The van der Waals surface area contributed by atoms with Crippen molar-refractivity contribution in [1.82, 2.24) is 0 Å². The fourth-order valence-corrected chi connectivity index (χ4v) is 1.49. The summed E-state index contributed by atoms with van der Waals surface area (Å²) in [5.41, 5.74) is 2.00. The van der Waals surface area contributed by atoms with Crippen molar-refractivity contribution in [3.63, 3.8) is 0 Å². The SMILES string of the molecule is CC(O)=CC(O)CCc1ccc(CO)cc1. The van der Waals surface area contributed by atoms with Crippen LogP contribution >= 0.6 is 0 Å². The lowest BCUT2D eigenvalue weighted by molar-refractivity contribution is 0.207. The molecule has 1 atom stereocenters. The monoisotopic (exact) mass is 222 g/mol. The molecule has 1 aromatic carbocycles. The van der Waals surface area contributed by atoms with Crippen molar-refractivity contribution < 1.29 is 15.3 Å². The molecule has 0 radical (unpaired) electrons. The molecule has 0 heterocycles. The lowest BCUT2D eigenvalue weighted by atomic mass is 10.0. The van der Waals surface area contributed by atoms with Crippen LogP contribution in [0.4, 0.5) is 0 Å². The molecule has 3 heteroatoms. The summed E-state index contributed by atoms with van der Waals surface area (Å²) in [5, 5.41) is 27.3. The Bertz CT molecular complexity index is 337. The van der Waals surface area contributed by atoms with Gasteiger partial charge in [0.1, 0.15) is 0 Å². The summed E-state index contributed by atoms with van der Waals surface area (Å²) in [6, 6.07) is 7.62. The molecule has 0 spiro atoms. The molecule has 0 aliphatic heterocycles. The third-order valence-electron chi connectivity index (χ3n) is 2.37. The molecule has 0 fully saturated rings. The van der Waals surface area contributed by atoms with Gasteiger partial charge in [-0.15, -0.1) is 0 Å². The molecule has 0 saturated carbocycles. The van der Waals surface area contributed by atoms with Crippen molar-refractivity contribution in [3.05, 3.63) is 47.2 Å². The van der Waals surface area contributed by atoms with Gasteiger partial charge in [0.25, 0.3) is 0 Å². The van der Waals surface area contributed by atoms with E-state index in [2.05, 4.69) is 0 Å². The summed E-state index contributed by atoms with van der Waals surface area (Å²) in [6.45, 7) is 1.59. The number of allylic oxidation sites excluding steroid dienone is 1. The summed E-state index contributed by atoms with van der Waals surface area (Å²) in [4.78, 5) is 0. The fraction of sp³-hybridized carbons (Fsp3) is 0.385. The maximum atomic E-state index is 9.51. The van der Waals surface area contributed by atoms with E-state index in [1.807, 2.05) is 24.3 Å². The molecule has 0 aliphatic carbocycles. The van der Waals surface area contributed by atoms with Crippen molar-refractivity contribution >= 4 is 0 Å². The Balaban J connectivity index is 2.45. The van der Waals surface area contributed by atoms with Crippen LogP contribution in [0.15, 0.2) is 36.1 Å². The van der Waals surface area contributed by atoms with E-state index in [9.17, 15) is 5.11 Å². The molecule has 88 valence electrons. The van der Waals surface area contributed by atoms with Crippen LogP contribution in [-0.4, -0.2) is 21.4 Å². The first-order valence-corrected chi connectivity index (χ1v) is 5.36. The van der Waals surface area contributed by atoms with Gasteiger partial charge in [-0.05, 0) is 37.0 Å². The third-order valence-corrected chi connectivity index (χ3v) is 2.37. The predicted molar refractivity (Wildman–Crippen MR) is 63.1 cm³/mol. The highest BCUT2D eigenvalue weighted by Gasteiger charge is 2.02. The predicted octanol–water partition coefficient (Wildman–Crippen LogP) is 1.93. The Morgan fingerprint density at radius 3 is 2.31 bits per heavy atom. The first kappa shape index (κ1) is 12.7. The van der Waals surface area contributed by atoms with Gasteiger partial charge in [-0.25, -0.2) is 0 Å². The maximum absolute atomic E-state index is 9.51. The zero-order valence-electron chi connectivity index (χ0n) is 9.43. The molecular formula is C13H18O3. The standard InChI is InChI=1S/C13H18O3/c1-10(15)8-13(16)7-6-11-2-4-12(9-14)5-3-11/h2-5,8,13-16H,6-7,9H2,1H3. The molecule has 0 aliphatic rings. The molecule has 1 aromatic rings. The van der Waals surface area contributed by atoms with Crippen molar-refractivity contribution in [2.24, 2.45) is 0 Å². The van der Waals surface area contributed by atoms with Crippen LogP contribution < -0.4 is 0 Å². The molecule has 1 unspecified atom stereocenters. The number of aliphatic hydroxyl groups excluding tert-OH is 3. The second kappa shape index (κ2) is 6.30. The van der Waals surface area contributed by atoms with Crippen molar-refractivity contribution in [2.45, 2.75) is 32.5 Å². The van der Waals surface area contributed by atoms with Crippen LogP contribution in [0, 0.1) is 0 Å². The largest absolute Gasteiger partial charge is 0.513 e. The summed E-state index contributed by atoms with van der Waals surface area (Å²) < 4.78 is 0. The molecule has 3 N–H and O–H groups in total. The van der Waals surface area contributed by atoms with Gasteiger partial charge in [0.15, 0.2) is 0 Å². The van der Waals surface area contributed by atoms with Gasteiger partial charge in [0.05, 0.1) is 18.5 Å². The van der Waals surface area contributed by atoms with E-state index in [-0.39, 0.29) is 12.4 Å². The van der Waals surface area contributed by atoms with Crippen LogP contribution in [0.5, 0.6) is 0 Å². The van der Waals surface area contributed by atoms with Gasteiger partial charge in [0, 0.05) is 0 Å². The number of hydrogen-bond acceptors (Lipinski definition) is 3. The Hall–Kier alpha value is -1.32. The lowest BCUT2D eigenvalue weighted by Gasteiger charge is -2.06. The van der Waals surface area contributed by atoms with E-state index in [0.717, 1.165) is 17.5 Å². The zero-order valence-corrected chi connectivity index (χ0v) is 9.43. The second-order valence-corrected chi connectivity index (χ2v) is 3.89. The van der Waals surface area contributed by atoms with Gasteiger partial charge >= 0.3 is 0 Å². The minimum Gasteiger partial charge on any atom is -0.513 e. The summed E-state index contributed by atoms with van der Waals surface area (Å²) in [6.07, 6.45) is 2.15. The molecule has 0 bridgehead atoms. The van der Waals surface area contributed by atoms with E-state index in [1.54, 1.807) is 6.92 Å². The molecule has 0 amide bonds. The van der Waals surface area contributed by atoms with E-state index < -0.39 is 6.10 Å². The summed E-state index contributed by atoms with van der Waals surface area (Å²) >= 11 is 0. The van der Waals surface area contributed by atoms with Crippen LogP contribution in [-0.2, 0) is 13.0 Å². The molecule has 3 nitrogen and oxygen atoms in total. The Labute approximate surface area is 95.7 Å². The zero-order chi connectivity index (χ0) is 12.0. The van der Waals surface area contributed by atoms with Gasteiger partial charge in [-0.2, -0.15) is 0 Å². The fourth-order valence-electron chi connectivity index (χ4n) is 1.49. The maximum Gasteiger partial charge on any atom is 0.0877 e. The van der Waals surface area contributed by atoms with E-state index in [1.165, 1.54) is 6.08 Å². The summed E-state index contributed by atoms with van der Waals surface area (Å²) in [5.74, 6) is 0.142. The highest BCUT2D eigenvalue weighted by Crippen LogP contribution is 2.09. The number of benzene rings is 1. The molecule has 0 aromatic heterocycles. The number of aryl methyl sites for hydroxylation is 1. The minimum atomic E-state index is -0.609. The topological polar surface area (TPSA) is 60.7 Å². The molecule has 16 heavy (non-hydrogen) atoms. The summed E-state index contributed by atoms with van der Waals surface area (Å²) in [7, 11) is 0. The Morgan fingerprint density at radius 2 is 1.81 bits per heavy atom. The van der Waals surface area contributed by atoms with Crippen LogP contribution in [0.1, 0.15) is 24.5 Å². The number of rotatable bonds is 5. The lowest BCUT2D eigenvalue weighted by Crippen LogP contribution is -2.05. The van der Waals surface area contributed by atoms with Gasteiger partial charge in [-0.3, -0.25) is 0 Å². The van der Waals surface area contributed by atoms with Crippen molar-refractivity contribution in [1.29, 1.82) is 0 Å². The normalized spacial score (nSPS) is 13.8. The third kappa shape index (κ3) is 4.47. The van der Waals surface area contributed by atoms with Crippen LogP contribution in [0.25, 0.3) is 0 Å². The second-order valence-electron chi connectivity index (χ2n) is 3.89. The Kier molecular flexibility index (Phi) is 5.02. The first-order valence-electron chi connectivity index (χ1n) is 5.36. The minimum absolute atomic E-state index is 0.0509. The van der Waals surface area contributed by atoms with Gasteiger partial charge < -0.3 is 15.3 Å². The highest BCUT2D eigenvalue weighted by molar-refractivity contribution is 5.22. The molecular weight excluding hydrogens is 204 g/mol. The smallest absolute Gasteiger partial charge is 0.0877 e. The van der Waals surface area contributed by atoms with E-state index in [0.29, 0.717) is 6.42 Å². The van der Waals surface area contributed by atoms with Crippen molar-refractivity contribution in [3.8, 4) is 0 Å². The first-order chi connectivity index (χ1) is 7.61. The number of hydrogen-bond donors (Lipinski definition) is 3. The van der Waals surface area contributed by atoms with Crippen LogP contribution in [0.3, 0.4) is 0 Å². The average Bonchev–Trinajstić information content (AvgIpc) is 2.26. The number of aliphatic hydroxyl groups is 3. The molecule has 0 saturated heterocycles. The van der Waals surface area contributed by atoms with E-state index >= 15 is 0 Å². The highest BCUT2D eigenvalue weighted by atomic mass is 16.3. The van der Waals surface area contributed by atoms with E-state index in [4.69, 9.17) is 10.2 Å².